The maximum Gasteiger partial charge on any atom is 0.280 e. The number of nitrogens with zero attached hydrogens (tertiary/aromatic N) is 4. The Hall–Kier alpha value is -2.68. The predicted octanol–water partition coefficient (Wildman–Crippen LogP) is 2.73. The second-order valence-electron chi connectivity index (χ2n) is 6.65. The first-order valence-corrected chi connectivity index (χ1v) is 10.5. The molecule has 1 N–H and O–H groups in total. The SMILES string of the molecule is CCCNC(=O)CSc1nc2c(C)nn(CC)c2c(=O)n1Cc1ccc(F)cc1. The van der Waals surface area contributed by atoms with Gasteiger partial charge in [-0.05, 0) is 38.0 Å². The van der Waals surface area contributed by atoms with Gasteiger partial charge in [-0.2, -0.15) is 5.10 Å². The van der Waals surface area contributed by atoms with E-state index in [2.05, 4.69) is 15.4 Å². The summed E-state index contributed by atoms with van der Waals surface area (Å²) in [5, 5.41) is 7.67. The highest BCUT2D eigenvalue weighted by molar-refractivity contribution is 7.99. The quantitative estimate of drug-likeness (QED) is 0.450. The van der Waals surface area contributed by atoms with Crippen molar-refractivity contribution in [2.75, 3.05) is 12.3 Å². The fraction of sp³-hybridized carbons (Fsp3) is 0.400. The lowest BCUT2D eigenvalue weighted by Gasteiger charge is -2.13. The Kier molecular flexibility index (Phi) is 6.68. The van der Waals surface area contributed by atoms with Crippen LogP contribution in [-0.2, 0) is 17.9 Å². The zero-order chi connectivity index (χ0) is 21.0. The molecule has 0 radical (unpaired) electrons. The number of carbonyl (C=O) groups is 1. The number of amides is 1. The summed E-state index contributed by atoms with van der Waals surface area (Å²) in [6.45, 7) is 7.09. The maximum atomic E-state index is 13.3. The monoisotopic (exact) mass is 417 g/mol. The van der Waals surface area contributed by atoms with E-state index in [1.165, 1.54) is 28.5 Å². The summed E-state index contributed by atoms with van der Waals surface area (Å²) in [5.74, 6) is -0.292. The average molecular weight is 418 g/mol. The summed E-state index contributed by atoms with van der Waals surface area (Å²) in [7, 11) is 0. The van der Waals surface area contributed by atoms with Gasteiger partial charge in [0.25, 0.3) is 5.56 Å². The topological polar surface area (TPSA) is 81.8 Å². The molecule has 0 unspecified atom stereocenters. The molecule has 7 nitrogen and oxygen atoms in total. The molecule has 0 bridgehead atoms. The zero-order valence-corrected chi connectivity index (χ0v) is 17.6. The number of fused-ring (bicyclic) bond motifs is 1. The molecule has 0 aliphatic rings. The van der Waals surface area contributed by atoms with Crippen molar-refractivity contribution in [3.8, 4) is 0 Å². The van der Waals surface area contributed by atoms with Crippen LogP contribution in [0.2, 0.25) is 0 Å². The molecule has 3 aromatic rings. The second-order valence-corrected chi connectivity index (χ2v) is 7.59. The number of aryl methyl sites for hydroxylation is 2. The van der Waals surface area contributed by atoms with Gasteiger partial charge in [0.1, 0.15) is 11.3 Å². The first-order chi connectivity index (χ1) is 13.9. The van der Waals surface area contributed by atoms with Crippen LogP contribution in [0.3, 0.4) is 0 Å². The normalized spacial score (nSPS) is 11.2. The van der Waals surface area contributed by atoms with Crippen molar-refractivity contribution >= 4 is 28.7 Å². The maximum absolute atomic E-state index is 13.3. The minimum Gasteiger partial charge on any atom is -0.355 e. The van der Waals surface area contributed by atoms with Crippen LogP contribution < -0.4 is 10.9 Å². The van der Waals surface area contributed by atoms with E-state index in [1.807, 2.05) is 20.8 Å². The molecule has 9 heteroatoms. The Morgan fingerprint density at radius 3 is 2.62 bits per heavy atom. The molecule has 0 aliphatic heterocycles. The van der Waals surface area contributed by atoms with Crippen molar-refractivity contribution in [1.29, 1.82) is 0 Å². The largest absolute Gasteiger partial charge is 0.355 e. The number of nitrogens with one attached hydrogen (secondary N) is 1. The number of hydrogen-bond acceptors (Lipinski definition) is 5. The summed E-state index contributed by atoms with van der Waals surface area (Å²) in [6.07, 6.45) is 0.852. The van der Waals surface area contributed by atoms with Crippen molar-refractivity contribution in [2.45, 2.75) is 45.4 Å². The summed E-state index contributed by atoms with van der Waals surface area (Å²) < 4.78 is 16.4. The molecule has 0 saturated carbocycles. The molecule has 2 aromatic heterocycles. The number of aromatic nitrogens is 4. The fourth-order valence-electron chi connectivity index (χ4n) is 2.98. The summed E-state index contributed by atoms with van der Waals surface area (Å²) in [4.78, 5) is 30.0. The van der Waals surface area contributed by atoms with Gasteiger partial charge in [0, 0.05) is 13.1 Å². The van der Waals surface area contributed by atoms with E-state index in [0.29, 0.717) is 35.0 Å². The third-order valence-electron chi connectivity index (χ3n) is 4.44. The van der Waals surface area contributed by atoms with Crippen molar-refractivity contribution in [3.05, 3.63) is 51.7 Å². The smallest absolute Gasteiger partial charge is 0.280 e. The van der Waals surface area contributed by atoms with E-state index in [1.54, 1.807) is 16.8 Å². The number of thioether (sulfide) groups is 1. The molecule has 154 valence electrons. The second kappa shape index (κ2) is 9.21. The van der Waals surface area contributed by atoms with E-state index < -0.39 is 0 Å². The number of halogens is 1. The highest BCUT2D eigenvalue weighted by atomic mass is 32.2. The molecule has 29 heavy (non-hydrogen) atoms. The van der Waals surface area contributed by atoms with Crippen LogP contribution in [0.25, 0.3) is 11.0 Å². The standard InChI is InChI=1S/C20H24FN5O2S/c1-4-10-22-16(27)12-29-20-23-17-13(3)24-26(5-2)18(17)19(28)25(20)11-14-6-8-15(21)9-7-14/h6-9H,4-5,10-12H2,1-3H3,(H,22,27). The van der Waals surface area contributed by atoms with E-state index in [-0.39, 0.29) is 29.6 Å². The summed E-state index contributed by atoms with van der Waals surface area (Å²) in [6, 6.07) is 5.99. The Bertz CT molecular complexity index is 1080. The third kappa shape index (κ3) is 4.67. The van der Waals surface area contributed by atoms with Crippen LogP contribution in [0, 0.1) is 12.7 Å². The average Bonchev–Trinajstić information content (AvgIpc) is 3.04. The summed E-state index contributed by atoms with van der Waals surface area (Å²) >= 11 is 1.21. The molecule has 0 atom stereocenters. The van der Waals surface area contributed by atoms with Crippen LogP contribution in [-0.4, -0.2) is 37.5 Å². The van der Waals surface area contributed by atoms with Crippen LogP contribution in [0.1, 0.15) is 31.5 Å². The molecule has 2 heterocycles. The van der Waals surface area contributed by atoms with Crippen molar-refractivity contribution < 1.29 is 9.18 Å². The lowest BCUT2D eigenvalue weighted by atomic mass is 10.2. The predicted molar refractivity (Wildman–Crippen MR) is 112 cm³/mol. The van der Waals surface area contributed by atoms with E-state index in [9.17, 15) is 14.0 Å². The van der Waals surface area contributed by atoms with Gasteiger partial charge in [-0.15, -0.1) is 0 Å². The molecule has 0 spiro atoms. The van der Waals surface area contributed by atoms with Gasteiger partial charge in [-0.25, -0.2) is 9.37 Å². The number of carbonyl (C=O) groups excluding carboxylic acids is 1. The van der Waals surface area contributed by atoms with Crippen LogP contribution in [0.5, 0.6) is 0 Å². The van der Waals surface area contributed by atoms with Crippen molar-refractivity contribution in [2.24, 2.45) is 0 Å². The van der Waals surface area contributed by atoms with Gasteiger partial charge in [-0.3, -0.25) is 18.8 Å². The molecule has 1 aromatic carbocycles. The Morgan fingerprint density at radius 2 is 1.97 bits per heavy atom. The number of rotatable bonds is 8. The molecule has 3 rings (SSSR count). The minimum absolute atomic E-state index is 0.111. The molecule has 0 fully saturated rings. The van der Waals surface area contributed by atoms with Gasteiger partial charge in [-0.1, -0.05) is 30.8 Å². The van der Waals surface area contributed by atoms with Crippen LogP contribution in [0.15, 0.2) is 34.2 Å². The lowest BCUT2D eigenvalue weighted by Crippen LogP contribution is -2.28. The Labute approximate surface area is 172 Å². The zero-order valence-electron chi connectivity index (χ0n) is 16.7. The summed E-state index contributed by atoms with van der Waals surface area (Å²) in [5.41, 5.74) is 2.20. The molecule has 0 aliphatic carbocycles. The highest BCUT2D eigenvalue weighted by Gasteiger charge is 2.19. The molecule has 0 saturated heterocycles. The Morgan fingerprint density at radius 1 is 1.24 bits per heavy atom. The highest BCUT2D eigenvalue weighted by Crippen LogP contribution is 2.21. The third-order valence-corrected chi connectivity index (χ3v) is 5.42. The van der Waals surface area contributed by atoms with Gasteiger partial charge >= 0.3 is 0 Å². The van der Waals surface area contributed by atoms with Crippen molar-refractivity contribution in [1.82, 2.24) is 24.6 Å². The first kappa shape index (κ1) is 21.0. The van der Waals surface area contributed by atoms with Gasteiger partial charge in [0.2, 0.25) is 5.91 Å². The molecular weight excluding hydrogens is 393 g/mol. The van der Waals surface area contributed by atoms with Gasteiger partial charge in [0.15, 0.2) is 10.7 Å². The molecule has 1 amide bonds. The lowest BCUT2D eigenvalue weighted by molar-refractivity contribution is -0.118. The molecular formula is C20H24FN5O2S. The fourth-order valence-corrected chi connectivity index (χ4v) is 3.81. The van der Waals surface area contributed by atoms with E-state index in [4.69, 9.17) is 0 Å². The van der Waals surface area contributed by atoms with Gasteiger partial charge in [0.05, 0.1) is 18.0 Å². The number of benzene rings is 1. The van der Waals surface area contributed by atoms with E-state index >= 15 is 0 Å². The van der Waals surface area contributed by atoms with Crippen molar-refractivity contribution in [3.63, 3.8) is 0 Å². The Balaban J connectivity index is 2.04. The number of hydrogen-bond donors (Lipinski definition) is 1. The van der Waals surface area contributed by atoms with Crippen LogP contribution >= 0.6 is 11.8 Å². The van der Waals surface area contributed by atoms with Crippen LogP contribution in [0.4, 0.5) is 4.39 Å². The van der Waals surface area contributed by atoms with Gasteiger partial charge < -0.3 is 5.32 Å². The minimum atomic E-state index is -0.337. The van der Waals surface area contributed by atoms with E-state index in [0.717, 1.165) is 12.0 Å². The first-order valence-electron chi connectivity index (χ1n) is 9.56.